The van der Waals surface area contributed by atoms with Gasteiger partial charge >= 0.3 is 0 Å². The molecule has 0 saturated carbocycles. The minimum atomic E-state index is -3.46. The molecule has 0 spiro atoms. The van der Waals surface area contributed by atoms with Crippen LogP contribution in [0.25, 0.3) is 0 Å². The van der Waals surface area contributed by atoms with E-state index in [4.69, 9.17) is 23.2 Å². The van der Waals surface area contributed by atoms with E-state index in [0.29, 0.717) is 18.1 Å². The first kappa shape index (κ1) is 15.8. The molecule has 0 atom stereocenters. The Labute approximate surface area is 119 Å². The molecule has 18 heavy (non-hydrogen) atoms. The van der Waals surface area contributed by atoms with Gasteiger partial charge in [-0.3, -0.25) is 0 Å². The molecule has 102 valence electrons. The highest BCUT2D eigenvalue weighted by atomic mass is 35.5. The predicted molar refractivity (Wildman–Crippen MR) is 75.8 cm³/mol. The molecule has 0 unspecified atom stereocenters. The summed E-state index contributed by atoms with van der Waals surface area (Å²) >= 11 is 11.4. The van der Waals surface area contributed by atoms with Crippen molar-refractivity contribution < 1.29 is 8.42 Å². The van der Waals surface area contributed by atoms with E-state index in [0.717, 1.165) is 12.8 Å². The molecule has 0 saturated heterocycles. The van der Waals surface area contributed by atoms with Crippen molar-refractivity contribution in [2.24, 2.45) is 0 Å². The Balaban J connectivity index is 2.96. The van der Waals surface area contributed by atoms with Gasteiger partial charge in [0, 0.05) is 24.0 Å². The van der Waals surface area contributed by atoms with Crippen LogP contribution < -0.4 is 0 Å². The molecule has 0 aliphatic rings. The summed E-state index contributed by atoms with van der Waals surface area (Å²) in [5, 5.41) is 0.520. The van der Waals surface area contributed by atoms with Crippen molar-refractivity contribution in [2.45, 2.75) is 24.7 Å². The Morgan fingerprint density at radius 1 is 1.17 bits per heavy atom. The van der Waals surface area contributed by atoms with Gasteiger partial charge in [-0.1, -0.05) is 24.9 Å². The molecular weight excluding hydrogens is 293 g/mol. The Morgan fingerprint density at radius 3 is 2.28 bits per heavy atom. The van der Waals surface area contributed by atoms with Gasteiger partial charge in [-0.2, -0.15) is 4.31 Å². The summed E-state index contributed by atoms with van der Waals surface area (Å²) in [6, 6.07) is 6.19. The molecule has 0 N–H and O–H groups in total. The van der Waals surface area contributed by atoms with Gasteiger partial charge in [0.2, 0.25) is 10.0 Å². The van der Waals surface area contributed by atoms with Crippen LogP contribution >= 0.6 is 23.2 Å². The fourth-order valence-corrected chi connectivity index (χ4v) is 3.45. The topological polar surface area (TPSA) is 37.4 Å². The van der Waals surface area contributed by atoms with Gasteiger partial charge < -0.3 is 0 Å². The molecule has 1 aromatic carbocycles. The average Bonchev–Trinajstić information content (AvgIpc) is 2.35. The molecule has 0 aliphatic heterocycles. The third-order valence-corrected chi connectivity index (χ3v) is 4.88. The number of sulfonamides is 1. The molecule has 1 aromatic rings. The van der Waals surface area contributed by atoms with E-state index in [9.17, 15) is 8.42 Å². The Kier molecular flexibility index (Phi) is 6.43. The zero-order chi connectivity index (χ0) is 13.6. The second kappa shape index (κ2) is 7.34. The van der Waals surface area contributed by atoms with Gasteiger partial charge in [-0.25, -0.2) is 8.42 Å². The lowest BCUT2D eigenvalue weighted by molar-refractivity contribution is 0.420. The van der Waals surface area contributed by atoms with E-state index in [1.165, 1.54) is 16.4 Å². The van der Waals surface area contributed by atoms with E-state index < -0.39 is 10.0 Å². The summed E-state index contributed by atoms with van der Waals surface area (Å²) in [6.45, 7) is 2.84. The summed E-state index contributed by atoms with van der Waals surface area (Å²) in [7, 11) is -3.46. The van der Waals surface area contributed by atoms with Crippen molar-refractivity contribution >= 4 is 33.2 Å². The number of hydrogen-bond acceptors (Lipinski definition) is 2. The number of rotatable bonds is 7. The van der Waals surface area contributed by atoms with Crippen molar-refractivity contribution in [3.8, 4) is 0 Å². The molecule has 0 heterocycles. The van der Waals surface area contributed by atoms with Crippen LogP contribution in [0, 0.1) is 0 Å². The van der Waals surface area contributed by atoms with Crippen LogP contribution in [-0.2, 0) is 10.0 Å². The highest BCUT2D eigenvalue weighted by molar-refractivity contribution is 7.89. The zero-order valence-corrected chi connectivity index (χ0v) is 12.6. The number of alkyl halides is 1. The Hall–Kier alpha value is -0.290. The van der Waals surface area contributed by atoms with Crippen molar-refractivity contribution in [2.75, 3.05) is 19.0 Å². The van der Waals surface area contributed by atoms with E-state index in [1.807, 2.05) is 6.92 Å². The normalized spacial score (nSPS) is 12.0. The summed E-state index contributed by atoms with van der Waals surface area (Å²) in [6.07, 6.45) is 1.76. The van der Waals surface area contributed by atoms with Crippen LogP contribution in [0.15, 0.2) is 29.2 Å². The van der Waals surface area contributed by atoms with Crippen LogP contribution in [0.5, 0.6) is 0 Å². The third-order valence-electron chi connectivity index (χ3n) is 2.55. The minimum Gasteiger partial charge on any atom is -0.207 e. The van der Waals surface area contributed by atoms with Crippen LogP contribution in [0.4, 0.5) is 0 Å². The van der Waals surface area contributed by atoms with Gasteiger partial charge in [0.25, 0.3) is 0 Å². The quantitative estimate of drug-likeness (QED) is 0.724. The lowest BCUT2D eigenvalue weighted by Crippen LogP contribution is -2.33. The lowest BCUT2D eigenvalue weighted by Gasteiger charge is -2.21. The van der Waals surface area contributed by atoms with E-state index >= 15 is 0 Å². The van der Waals surface area contributed by atoms with Gasteiger partial charge in [0.1, 0.15) is 0 Å². The highest BCUT2D eigenvalue weighted by Crippen LogP contribution is 2.19. The second-order valence-electron chi connectivity index (χ2n) is 3.90. The fraction of sp³-hybridized carbons (Fsp3) is 0.500. The average molecular weight is 310 g/mol. The van der Waals surface area contributed by atoms with Crippen molar-refractivity contribution in [1.82, 2.24) is 4.31 Å². The standard InChI is InChI=1S/C12H17Cl2NO2S/c1-2-3-9-15(10-8-13)18(16,17)12-6-4-11(14)5-7-12/h4-7H,2-3,8-10H2,1H3. The molecule has 0 radical (unpaired) electrons. The molecule has 6 heteroatoms. The number of hydrogen-bond donors (Lipinski definition) is 0. The van der Waals surface area contributed by atoms with Crippen molar-refractivity contribution in [3.05, 3.63) is 29.3 Å². The zero-order valence-electron chi connectivity index (χ0n) is 10.3. The third kappa shape index (κ3) is 4.12. The summed E-state index contributed by atoms with van der Waals surface area (Å²) in [5.41, 5.74) is 0. The number of unbranched alkanes of at least 4 members (excludes halogenated alkanes) is 1. The van der Waals surface area contributed by atoms with Gasteiger partial charge in [0.05, 0.1) is 4.90 Å². The van der Waals surface area contributed by atoms with E-state index in [1.54, 1.807) is 12.1 Å². The second-order valence-corrected chi connectivity index (χ2v) is 6.65. The number of nitrogens with zero attached hydrogens (tertiary/aromatic N) is 1. The lowest BCUT2D eigenvalue weighted by atomic mass is 10.3. The van der Waals surface area contributed by atoms with Gasteiger partial charge in [0.15, 0.2) is 0 Å². The minimum absolute atomic E-state index is 0.258. The molecule has 0 fully saturated rings. The first-order chi connectivity index (χ1) is 8.52. The van der Waals surface area contributed by atoms with Crippen LogP contribution in [0.3, 0.4) is 0 Å². The first-order valence-electron chi connectivity index (χ1n) is 5.84. The fourth-order valence-electron chi connectivity index (χ4n) is 1.54. The maximum Gasteiger partial charge on any atom is 0.243 e. The molecule has 0 amide bonds. The Morgan fingerprint density at radius 2 is 1.78 bits per heavy atom. The van der Waals surface area contributed by atoms with Crippen LogP contribution in [0.2, 0.25) is 5.02 Å². The van der Waals surface area contributed by atoms with E-state index in [2.05, 4.69) is 0 Å². The Bertz CT molecular complexity index is 459. The smallest absolute Gasteiger partial charge is 0.207 e. The maximum atomic E-state index is 12.4. The monoisotopic (exact) mass is 309 g/mol. The van der Waals surface area contributed by atoms with Gasteiger partial charge in [-0.05, 0) is 30.7 Å². The van der Waals surface area contributed by atoms with Crippen LogP contribution in [-0.4, -0.2) is 31.7 Å². The first-order valence-corrected chi connectivity index (χ1v) is 8.19. The van der Waals surface area contributed by atoms with Gasteiger partial charge in [-0.15, -0.1) is 11.6 Å². The molecule has 1 rings (SSSR count). The molecule has 3 nitrogen and oxygen atoms in total. The maximum absolute atomic E-state index is 12.4. The van der Waals surface area contributed by atoms with Crippen molar-refractivity contribution in [3.63, 3.8) is 0 Å². The summed E-state index contributed by atoms with van der Waals surface area (Å²) in [4.78, 5) is 0.258. The van der Waals surface area contributed by atoms with Crippen LogP contribution in [0.1, 0.15) is 19.8 Å². The number of benzene rings is 1. The summed E-state index contributed by atoms with van der Waals surface area (Å²) in [5.74, 6) is 0.288. The highest BCUT2D eigenvalue weighted by Gasteiger charge is 2.23. The molecule has 0 aliphatic carbocycles. The predicted octanol–water partition coefficient (Wildman–Crippen LogP) is 3.37. The van der Waals surface area contributed by atoms with Crippen molar-refractivity contribution in [1.29, 1.82) is 0 Å². The SMILES string of the molecule is CCCCN(CCCl)S(=O)(=O)c1ccc(Cl)cc1. The molecular formula is C12H17Cl2NO2S. The molecule has 0 bridgehead atoms. The van der Waals surface area contributed by atoms with E-state index in [-0.39, 0.29) is 10.8 Å². The molecule has 0 aromatic heterocycles. The largest absolute Gasteiger partial charge is 0.243 e. The summed E-state index contributed by atoms with van der Waals surface area (Å²) < 4.78 is 26.2. The number of halogens is 2.